The van der Waals surface area contributed by atoms with Gasteiger partial charge in [-0.1, -0.05) is 43.6 Å². The molecule has 0 radical (unpaired) electrons. The summed E-state index contributed by atoms with van der Waals surface area (Å²) >= 11 is 6.49. The molecule has 1 saturated carbocycles. The molecular weight excluding hydrogens is 557 g/mol. The first-order chi connectivity index (χ1) is 20.2. The Morgan fingerprint density at radius 2 is 1.83 bits per heavy atom. The predicted octanol–water partition coefficient (Wildman–Crippen LogP) is 6.54. The van der Waals surface area contributed by atoms with E-state index < -0.39 is 11.7 Å². The number of furan rings is 1. The fraction of sp³-hybridized carbons (Fsp3) is 0.515. The van der Waals surface area contributed by atoms with Gasteiger partial charge >= 0.3 is 0 Å². The Morgan fingerprint density at radius 3 is 2.60 bits per heavy atom. The third-order valence-electron chi connectivity index (χ3n) is 9.26. The van der Waals surface area contributed by atoms with Crippen LogP contribution in [0.2, 0.25) is 5.02 Å². The number of nitrogens with zero attached hydrogens (tertiary/aromatic N) is 2. The molecule has 1 N–H and O–H groups in total. The number of anilines is 1. The molecule has 3 aromatic rings. The van der Waals surface area contributed by atoms with E-state index in [2.05, 4.69) is 24.1 Å². The van der Waals surface area contributed by atoms with E-state index in [0.717, 1.165) is 38.3 Å². The van der Waals surface area contributed by atoms with Crippen LogP contribution in [0.15, 0.2) is 47.1 Å². The van der Waals surface area contributed by atoms with Crippen LogP contribution in [0, 0.1) is 17.7 Å². The van der Waals surface area contributed by atoms with Gasteiger partial charge in [0.1, 0.15) is 17.7 Å². The molecule has 0 bridgehead atoms. The van der Waals surface area contributed by atoms with E-state index in [0.29, 0.717) is 41.6 Å². The number of halogens is 2. The first-order valence-electron chi connectivity index (χ1n) is 15.2. The lowest BCUT2D eigenvalue weighted by molar-refractivity contribution is -0.133. The number of hydrogen-bond acceptors (Lipinski definition) is 5. The van der Waals surface area contributed by atoms with Gasteiger partial charge in [0, 0.05) is 31.1 Å². The largest absolute Gasteiger partial charge is 0.463 e. The average molecular weight is 596 g/mol. The van der Waals surface area contributed by atoms with Gasteiger partial charge in [0.2, 0.25) is 5.91 Å². The van der Waals surface area contributed by atoms with Crippen LogP contribution in [0.25, 0.3) is 11.0 Å². The topological polar surface area (TPSA) is 75.0 Å². The highest BCUT2D eigenvalue weighted by atomic mass is 35.5. The van der Waals surface area contributed by atoms with Gasteiger partial charge in [0.15, 0.2) is 0 Å². The normalized spacial score (nSPS) is 25.1. The molecule has 2 saturated heterocycles. The van der Waals surface area contributed by atoms with Crippen molar-refractivity contribution in [1.82, 2.24) is 9.80 Å². The maximum absolute atomic E-state index is 15.3. The molecule has 0 unspecified atom stereocenters. The summed E-state index contributed by atoms with van der Waals surface area (Å²) in [5.74, 6) is 0.254. The van der Waals surface area contributed by atoms with Gasteiger partial charge in [-0.3, -0.25) is 14.5 Å². The maximum Gasteiger partial charge on any atom is 0.259 e. The summed E-state index contributed by atoms with van der Waals surface area (Å²) in [7, 11) is 0. The van der Waals surface area contributed by atoms with Crippen LogP contribution in [0.1, 0.15) is 61.9 Å². The van der Waals surface area contributed by atoms with Crippen LogP contribution in [0.5, 0.6) is 0 Å². The Kier molecular flexibility index (Phi) is 8.57. The molecule has 2 atom stereocenters. The Balaban J connectivity index is 1.12. The Morgan fingerprint density at radius 1 is 1.07 bits per heavy atom. The first kappa shape index (κ1) is 29.1. The molecule has 224 valence electrons. The number of para-hydroxylation sites is 1. The van der Waals surface area contributed by atoms with E-state index in [1.165, 1.54) is 31.2 Å². The number of hydrogen-bond donors (Lipinski definition) is 1. The Bertz CT molecular complexity index is 1450. The Hall–Kier alpha value is -2.94. The third kappa shape index (κ3) is 6.21. The van der Waals surface area contributed by atoms with Crippen LogP contribution in [-0.2, 0) is 16.0 Å². The van der Waals surface area contributed by atoms with Crippen LogP contribution < -0.4 is 5.32 Å². The second kappa shape index (κ2) is 12.3. The van der Waals surface area contributed by atoms with Gasteiger partial charge in [-0.15, -0.1) is 0 Å². The van der Waals surface area contributed by atoms with E-state index in [-0.39, 0.29) is 40.7 Å². The number of rotatable bonds is 8. The molecule has 2 aromatic carbocycles. The van der Waals surface area contributed by atoms with E-state index in [4.69, 9.17) is 20.8 Å². The molecule has 9 heteroatoms. The minimum Gasteiger partial charge on any atom is -0.463 e. The molecule has 3 fully saturated rings. The smallest absolute Gasteiger partial charge is 0.259 e. The lowest BCUT2D eigenvalue weighted by Crippen LogP contribution is -2.52. The number of carbonyl (C=O) groups is 2. The maximum atomic E-state index is 15.3. The molecular formula is C33H39ClFN3O4. The van der Waals surface area contributed by atoms with Crippen molar-refractivity contribution in [2.75, 3.05) is 31.6 Å². The number of nitrogens with one attached hydrogen (secondary N) is 1. The quantitative estimate of drug-likeness (QED) is 0.320. The molecule has 2 amide bonds. The van der Waals surface area contributed by atoms with Crippen molar-refractivity contribution >= 4 is 40.1 Å². The summed E-state index contributed by atoms with van der Waals surface area (Å²) in [4.78, 5) is 30.9. The second-order valence-electron chi connectivity index (χ2n) is 12.6. The lowest BCUT2D eigenvalue weighted by atomic mass is 9.89. The third-order valence-corrected chi connectivity index (χ3v) is 9.57. The predicted molar refractivity (Wildman–Crippen MR) is 161 cm³/mol. The summed E-state index contributed by atoms with van der Waals surface area (Å²) in [6.45, 7) is 7.78. The van der Waals surface area contributed by atoms with Crippen LogP contribution >= 0.6 is 11.6 Å². The number of fused-ring (bicyclic) bond motifs is 1. The summed E-state index contributed by atoms with van der Waals surface area (Å²) < 4.78 is 27.1. The molecule has 42 heavy (non-hydrogen) atoms. The van der Waals surface area contributed by atoms with Crippen molar-refractivity contribution in [3.05, 3.63) is 64.6 Å². The van der Waals surface area contributed by atoms with E-state index in [1.807, 2.05) is 17.0 Å². The van der Waals surface area contributed by atoms with Crippen LogP contribution in [-0.4, -0.2) is 66.0 Å². The second-order valence-corrected chi connectivity index (χ2v) is 13.0. The van der Waals surface area contributed by atoms with Crippen molar-refractivity contribution in [3.8, 4) is 0 Å². The first-order valence-corrected chi connectivity index (χ1v) is 15.5. The van der Waals surface area contributed by atoms with Crippen molar-refractivity contribution in [2.45, 2.75) is 70.6 Å². The number of ether oxygens (including phenoxy) is 1. The van der Waals surface area contributed by atoms with Crippen LogP contribution in [0.4, 0.5) is 10.1 Å². The average Bonchev–Trinajstić information content (AvgIpc) is 3.58. The zero-order valence-electron chi connectivity index (χ0n) is 24.3. The molecule has 3 heterocycles. The molecule has 6 rings (SSSR count). The van der Waals surface area contributed by atoms with Gasteiger partial charge < -0.3 is 19.4 Å². The highest BCUT2D eigenvalue weighted by Crippen LogP contribution is 2.32. The minimum atomic E-state index is -0.587. The van der Waals surface area contributed by atoms with Crippen molar-refractivity contribution in [3.63, 3.8) is 0 Å². The number of carbonyl (C=O) groups excluding carboxylic acids is 2. The minimum absolute atomic E-state index is 0.0281. The fourth-order valence-corrected chi connectivity index (χ4v) is 6.97. The molecule has 0 spiro atoms. The van der Waals surface area contributed by atoms with Gasteiger partial charge in [-0.05, 0) is 67.7 Å². The molecule has 3 aliphatic rings. The molecule has 7 nitrogen and oxygen atoms in total. The highest BCUT2D eigenvalue weighted by molar-refractivity contribution is 6.34. The summed E-state index contributed by atoms with van der Waals surface area (Å²) in [6, 6.07) is 10.1. The summed E-state index contributed by atoms with van der Waals surface area (Å²) in [6.07, 6.45) is 6.89. The highest BCUT2D eigenvalue weighted by Gasteiger charge is 2.41. The van der Waals surface area contributed by atoms with Gasteiger partial charge in [-0.2, -0.15) is 0 Å². The number of amides is 2. The fourth-order valence-electron chi connectivity index (χ4n) is 6.74. The number of likely N-dealkylation sites (tertiary alicyclic amines) is 2. The van der Waals surface area contributed by atoms with E-state index >= 15 is 4.39 Å². The van der Waals surface area contributed by atoms with Crippen molar-refractivity contribution in [2.24, 2.45) is 11.8 Å². The molecule has 1 aromatic heterocycles. The van der Waals surface area contributed by atoms with E-state index in [9.17, 15) is 9.59 Å². The standard InChI is InChI=1S/C33H39ClFN3O4/c1-20-7-9-25(10-8-20)41-18-24-13-23(37-15-21(2)16-37)17-38(24)32(39)12-22-11-28(34)30(14-29(22)35)36-33(40)27-19-42-31-6-4-3-5-26(27)31/h3-6,11,14,19-21,23-25H,7-10,12-13,15-18H2,1-2H3,(H,36,40)/t20-,23-,24-,25-/m0/s1. The van der Waals surface area contributed by atoms with E-state index in [1.54, 1.807) is 12.1 Å². The summed E-state index contributed by atoms with van der Waals surface area (Å²) in [5, 5.41) is 3.51. The lowest BCUT2D eigenvalue weighted by Gasteiger charge is -2.41. The Labute approximate surface area is 251 Å². The molecule has 2 aliphatic heterocycles. The van der Waals surface area contributed by atoms with Gasteiger partial charge in [0.05, 0.1) is 41.4 Å². The summed E-state index contributed by atoms with van der Waals surface area (Å²) in [5.41, 5.74) is 1.26. The van der Waals surface area contributed by atoms with Crippen LogP contribution in [0.3, 0.4) is 0 Å². The van der Waals surface area contributed by atoms with Crippen molar-refractivity contribution in [1.29, 1.82) is 0 Å². The number of benzene rings is 2. The van der Waals surface area contributed by atoms with Crippen molar-refractivity contribution < 1.29 is 23.1 Å². The monoisotopic (exact) mass is 595 g/mol. The SMILES string of the molecule is CC1CN([C@H]2C[C@@H](CO[C@H]3CC[C@H](C)CC3)N(C(=O)Cc3cc(Cl)c(NC(=O)c4coc5ccccc45)cc3F)C2)C1. The zero-order chi connectivity index (χ0) is 29.4. The van der Waals surface area contributed by atoms with Gasteiger partial charge in [-0.25, -0.2) is 4.39 Å². The van der Waals surface area contributed by atoms with Gasteiger partial charge in [0.25, 0.3) is 5.91 Å². The zero-order valence-corrected chi connectivity index (χ0v) is 25.0. The molecule has 1 aliphatic carbocycles.